The number of nitrogens with zero attached hydrogens (tertiary/aromatic N) is 2. The molecule has 0 spiro atoms. The third kappa shape index (κ3) is 4.85. The van der Waals surface area contributed by atoms with E-state index in [0.29, 0.717) is 18.1 Å². The smallest absolute Gasteiger partial charge is 0.191 e. The Morgan fingerprint density at radius 3 is 2.89 bits per heavy atom. The summed E-state index contributed by atoms with van der Waals surface area (Å²) in [6.07, 6.45) is 0.982. The number of benzene rings is 2. The maximum absolute atomic E-state index is 13.5. The summed E-state index contributed by atoms with van der Waals surface area (Å²) in [5, 5.41) is 16.0. The number of guanidine groups is 1. The number of ether oxygens (including phenoxy) is 1. The highest BCUT2D eigenvalue weighted by atomic mass is 19.1. The molecule has 0 radical (unpaired) electrons. The molecule has 1 aliphatic rings. The van der Waals surface area contributed by atoms with E-state index in [2.05, 4.69) is 26.6 Å². The number of phenolic OH excluding ortho intramolecular Hbond substituents is 1. The number of phenols is 1. The van der Waals surface area contributed by atoms with Crippen molar-refractivity contribution in [1.29, 1.82) is 0 Å². The van der Waals surface area contributed by atoms with Crippen LogP contribution in [0.25, 0.3) is 0 Å². The fraction of sp³-hybridized carbons (Fsp3) is 0.381. The summed E-state index contributed by atoms with van der Waals surface area (Å²) in [6, 6.07) is 12.6. The van der Waals surface area contributed by atoms with Crippen LogP contribution in [0.2, 0.25) is 0 Å². The van der Waals surface area contributed by atoms with Crippen molar-refractivity contribution in [3.63, 3.8) is 0 Å². The van der Waals surface area contributed by atoms with Crippen molar-refractivity contribution in [2.24, 2.45) is 4.99 Å². The van der Waals surface area contributed by atoms with E-state index in [-0.39, 0.29) is 11.8 Å². The van der Waals surface area contributed by atoms with Crippen molar-refractivity contribution >= 4 is 11.6 Å². The standard InChI is InChI=1S/C21H27FN4O2/c1-3-23-21(24-13-15-8-9-19(27)17(22)12-15)25-16-10-11-26(14-16)18-6-4-5-7-20(18)28-2/h4-9,12,16,27H,3,10-11,13-14H2,1-2H3,(H2,23,24,25). The highest BCUT2D eigenvalue weighted by molar-refractivity contribution is 5.80. The molecule has 1 fully saturated rings. The van der Waals surface area contributed by atoms with Gasteiger partial charge in [0, 0.05) is 25.7 Å². The molecule has 0 aromatic heterocycles. The summed E-state index contributed by atoms with van der Waals surface area (Å²) in [7, 11) is 1.69. The molecule has 0 aliphatic carbocycles. The Hall–Kier alpha value is -2.96. The van der Waals surface area contributed by atoms with Gasteiger partial charge in [0.2, 0.25) is 0 Å². The Morgan fingerprint density at radius 2 is 2.14 bits per heavy atom. The van der Waals surface area contributed by atoms with E-state index in [0.717, 1.165) is 37.5 Å². The van der Waals surface area contributed by atoms with Gasteiger partial charge in [-0.05, 0) is 43.2 Å². The van der Waals surface area contributed by atoms with Crippen molar-refractivity contribution in [2.45, 2.75) is 25.9 Å². The van der Waals surface area contributed by atoms with Crippen LogP contribution in [0.4, 0.5) is 10.1 Å². The van der Waals surface area contributed by atoms with Gasteiger partial charge >= 0.3 is 0 Å². The minimum atomic E-state index is -0.631. The largest absolute Gasteiger partial charge is 0.505 e. The number of halogens is 1. The zero-order chi connectivity index (χ0) is 19.9. The predicted octanol–water partition coefficient (Wildman–Crippen LogP) is 2.87. The van der Waals surface area contributed by atoms with E-state index in [1.165, 1.54) is 12.1 Å². The average Bonchev–Trinajstić information content (AvgIpc) is 3.17. The molecular weight excluding hydrogens is 359 g/mol. The highest BCUT2D eigenvalue weighted by Crippen LogP contribution is 2.30. The van der Waals surface area contributed by atoms with Gasteiger partial charge in [-0.25, -0.2) is 9.38 Å². The first-order chi connectivity index (χ1) is 13.6. The molecule has 3 N–H and O–H groups in total. The summed E-state index contributed by atoms with van der Waals surface area (Å²) >= 11 is 0. The molecular formula is C21H27FN4O2. The molecule has 150 valence electrons. The molecule has 1 saturated heterocycles. The van der Waals surface area contributed by atoms with E-state index in [1.807, 2.05) is 25.1 Å². The van der Waals surface area contributed by atoms with E-state index in [9.17, 15) is 9.50 Å². The van der Waals surface area contributed by atoms with Crippen LogP contribution < -0.4 is 20.3 Å². The van der Waals surface area contributed by atoms with Crippen LogP contribution in [0.5, 0.6) is 11.5 Å². The zero-order valence-electron chi connectivity index (χ0n) is 16.3. The lowest BCUT2D eigenvalue weighted by atomic mass is 10.2. The molecule has 1 unspecified atom stereocenters. The molecule has 0 amide bonds. The van der Waals surface area contributed by atoms with Crippen LogP contribution in [0.15, 0.2) is 47.5 Å². The van der Waals surface area contributed by atoms with Gasteiger partial charge in [-0.2, -0.15) is 0 Å². The molecule has 0 bridgehead atoms. The van der Waals surface area contributed by atoms with Crippen molar-refractivity contribution in [3.8, 4) is 11.5 Å². The summed E-state index contributed by atoms with van der Waals surface area (Å²) in [6.45, 7) is 4.85. The molecule has 0 saturated carbocycles. The maximum atomic E-state index is 13.5. The van der Waals surface area contributed by atoms with Crippen molar-refractivity contribution in [3.05, 3.63) is 53.8 Å². The second-order valence-corrected chi connectivity index (χ2v) is 6.73. The number of aliphatic imine (C=N–C) groups is 1. The van der Waals surface area contributed by atoms with E-state index < -0.39 is 5.82 Å². The van der Waals surface area contributed by atoms with Gasteiger partial charge in [-0.1, -0.05) is 18.2 Å². The summed E-state index contributed by atoms with van der Waals surface area (Å²) in [5.41, 5.74) is 1.80. The van der Waals surface area contributed by atoms with Crippen molar-refractivity contribution in [1.82, 2.24) is 10.6 Å². The first-order valence-corrected chi connectivity index (χ1v) is 9.51. The Labute approximate surface area is 165 Å². The third-order valence-electron chi connectivity index (χ3n) is 4.73. The van der Waals surface area contributed by atoms with Gasteiger partial charge in [0.05, 0.1) is 19.3 Å². The fourth-order valence-electron chi connectivity index (χ4n) is 3.32. The van der Waals surface area contributed by atoms with E-state index >= 15 is 0 Å². The highest BCUT2D eigenvalue weighted by Gasteiger charge is 2.25. The number of hydrogen-bond acceptors (Lipinski definition) is 4. The zero-order valence-corrected chi connectivity index (χ0v) is 16.3. The minimum absolute atomic E-state index is 0.249. The van der Waals surface area contributed by atoms with Gasteiger partial charge in [0.15, 0.2) is 17.5 Å². The number of para-hydroxylation sites is 2. The second kappa shape index (κ2) is 9.30. The Balaban J connectivity index is 1.63. The summed E-state index contributed by atoms with van der Waals surface area (Å²) in [5.74, 6) is 0.593. The molecule has 1 aliphatic heterocycles. The average molecular weight is 386 g/mol. The van der Waals surface area contributed by atoms with E-state index in [4.69, 9.17) is 4.74 Å². The third-order valence-corrected chi connectivity index (χ3v) is 4.73. The van der Waals surface area contributed by atoms with Crippen molar-refractivity contribution in [2.75, 3.05) is 31.6 Å². The Morgan fingerprint density at radius 1 is 1.32 bits per heavy atom. The van der Waals surface area contributed by atoms with Gasteiger partial charge in [-0.3, -0.25) is 0 Å². The van der Waals surface area contributed by atoms with Crippen LogP contribution in [0.1, 0.15) is 18.9 Å². The lowest BCUT2D eigenvalue weighted by Gasteiger charge is -2.22. The van der Waals surface area contributed by atoms with Gasteiger partial charge < -0.3 is 25.4 Å². The monoisotopic (exact) mass is 386 g/mol. The normalized spacial score (nSPS) is 16.9. The Bertz CT molecular complexity index is 828. The SMILES string of the molecule is CCNC(=NCc1ccc(O)c(F)c1)NC1CCN(c2ccccc2OC)C1. The molecule has 1 atom stereocenters. The minimum Gasteiger partial charge on any atom is -0.505 e. The first kappa shape index (κ1) is 19.8. The first-order valence-electron chi connectivity index (χ1n) is 9.51. The van der Waals surface area contributed by atoms with Crippen LogP contribution in [-0.2, 0) is 6.54 Å². The molecule has 2 aromatic carbocycles. The summed E-state index contributed by atoms with van der Waals surface area (Å²) in [4.78, 5) is 6.85. The number of hydrogen-bond donors (Lipinski definition) is 3. The van der Waals surface area contributed by atoms with Crippen LogP contribution in [0.3, 0.4) is 0 Å². The fourth-order valence-corrected chi connectivity index (χ4v) is 3.32. The lowest BCUT2D eigenvalue weighted by molar-refractivity contribution is 0.415. The number of aromatic hydroxyl groups is 1. The van der Waals surface area contributed by atoms with Crippen LogP contribution >= 0.6 is 0 Å². The molecule has 3 rings (SSSR count). The number of rotatable bonds is 6. The van der Waals surface area contributed by atoms with Crippen LogP contribution in [-0.4, -0.2) is 43.9 Å². The molecule has 2 aromatic rings. The molecule has 7 heteroatoms. The maximum Gasteiger partial charge on any atom is 0.191 e. The Kier molecular flexibility index (Phi) is 6.57. The lowest BCUT2D eigenvalue weighted by Crippen LogP contribution is -2.44. The quantitative estimate of drug-likeness (QED) is 0.526. The number of nitrogens with one attached hydrogen (secondary N) is 2. The number of methoxy groups -OCH3 is 1. The van der Waals surface area contributed by atoms with Gasteiger partial charge in [-0.15, -0.1) is 0 Å². The van der Waals surface area contributed by atoms with Gasteiger partial charge in [0.25, 0.3) is 0 Å². The molecule has 28 heavy (non-hydrogen) atoms. The van der Waals surface area contributed by atoms with Crippen molar-refractivity contribution < 1.29 is 14.2 Å². The predicted molar refractivity (Wildman–Crippen MR) is 110 cm³/mol. The second-order valence-electron chi connectivity index (χ2n) is 6.73. The van der Waals surface area contributed by atoms with Gasteiger partial charge in [0.1, 0.15) is 5.75 Å². The molecule has 6 nitrogen and oxygen atoms in total. The number of anilines is 1. The molecule has 1 heterocycles. The van der Waals surface area contributed by atoms with Crippen LogP contribution in [0, 0.1) is 5.82 Å². The summed E-state index contributed by atoms with van der Waals surface area (Å²) < 4.78 is 19.0. The van der Waals surface area contributed by atoms with E-state index in [1.54, 1.807) is 13.2 Å². The topological polar surface area (TPSA) is 69.1 Å².